The SMILES string of the molecule is CNC(C)c1csc2c(O)cccc12. The molecule has 3 heteroatoms. The molecule has 0 aliphatic carbocycles. The summed E-state index contributed by atoms with van der Waals surface area (Å²) in [6.07, 6.45) is 0. The second kappa shape index (κ2) is 3.59. The minimum absolute atomic E-state index is 0.325. The zero-order valence-electron chi connectivity index (χ0n) is 8.24. The standard InChI is InChI=1S/C11H13NOS/c1-7(12-2)9-6-14-11-8(9)4-3-5-10(11)13/h3-7,12-13H,1-2H3. The van der Waals surface area contributed by atoms with Gasteiger partial charge in [-0.15, -0.1) is 11.3 Å². The van der Waals surface area contributed by atoms with Gasteiger partial charge in [-0.3, -0.25) is 0 Å². The fourth-order valence-electron chi connectivity index (χ4n) is 1.55. The van der Waals surface area contributed by atoms with Crippen molar-refractivity contribution in [3.8, 4) is 5.75 Å². The number of hydrogen-bond acceptors (Lipinski definition) is 3. The minimum atomic E-state index is 0.325. The molecule has 0 fully saturated rings. The highest BCUT2D eigenvalue weighted by Gasteiger charge is 2.11. The van der Waals surface area contributed by atoms with E-state index in [1.165, 1.54) is 5.56 Å². The molecule has 0 radical (unpaired) electrons. The number of fused-ring (bicyclic) bond motifs is 1. The number of aromatic hydroxyl groups is 1. The zero-order chi connectivity index (χ0) is 10.1. The predicted octanol–water partition coefficient (Wildman–Crippen LogP) is 2.89. The van der Waals surface area contributed by atoms with Crippen LogP contribution in [-0.4, -0.2) is 12.2 Å². The van der Waals surface area contributed by atoms with Crippen LogP contribution in [0.1, 0.15) is 18.5 Å². The highest BCUT2D eigenvalue weighted by molar-refractivity contribution is 7.17. The van der Waals surface area contributed by atoms with Gasteiger partial charge in [-0.05, 0) is 31.0 Å². The average Bonchev–Trinajstić information content (AvgIpc) is 2.62. The quantitative estimate of drug-likeness (QED) is 0.793. The van der Waals surface area contributed by atoms with E-state index in [0.29, 0.717) is 11.8 Å². The van der Waals surface area contributed by atoms with Crippen LogP contribution >= 0.6 is 11.3 Å². The lowest BCUT2D eigenvalue weighted by molar-refractivity contribution is 0.482. The third-order valence-electron chi connectivity index (χ3n) is 2.51. The van der Waals surface area contributed by atoms with E-state index in [9.17, 15) is 5.11 Å². The molecule has 14 heavy (non-hydrogen) atoms. The molecule has 2 rings (SSSR count). The number of hydrogen-bond donors (Lipinski definition) is 2. The molecule has 0 aliphatic heterocycles. The van der Waals surface area contributed by atoms with Gasteiger partial charge in [-0.2, -0.15) is 0 Å². The summed E-state index contributed by atoms with van der Waals surface area (Å²) in [6, 6.07) is 5.99. The van der Waals surface area contributed by atoms with Crippen molar-refractivity contribution < 1.29 is 5.11 Å². The van der Waals surface area contributed by atoms with Crippen LogP contribution in [0.15, 0.2) is 23.6 Å². The number of phenols is 1. The van der Waals surface area contributed by atoms with Gasteiger partial charge in [-0.25, -0.2) is 0 Å². The van der Waals surface area contributed by atoms with Gasteiger partial charge in [0.1, 0.15) is 5.75 Å². The Morgan fingerprint density at radius 2 is 2.21 bits per heavy atom. The molecular formula is C11H13NOS. The highest BCUT2D eigenvalue weighted by Crippen LogP contribution is 2.35. The van der Waals surface area contributed by atoms with Gasteiger partial charge in [-0.1, -0.05) is 12.1 Å². The van der Waals surface area contributed by atoms with Gasteiger partial charge in [0, 0.05) is 11.4 Å². The number of nitrogens with one attached hydrogen (secondary N) is 1. The molecule has 1 aromatic carbocycles. The van der Waals surface area contributed by atoms with Gasteiger partial charge in [0.15, 0.2) is 0 Å². The third-order valence-corrected chi connectivity index (χ3v) is 3.55. The molecule has 0 aliphatic rings. The fraction of sp³-hybridized carbons (Fsp3) is 0.273. The Balaban J connectivity index is 2.63. The van der Waals surface area contributed by atoms with Crippen molar-refractivity contribution in [2.75, 3.05) is 7.05 Å². The average molecular weight is 207 g/mol. The van der Waals surface area contributed by atoms with Crippen LogP contribution in [0.25, 0.3) is 10.1 Å². The molecule has 1 atom stereocenters. The maximum atomic E-state index is 9.63. The molecule has 0 saturated carbocycles. The molecule has 0 spiro atoms. The van der Waals surface area contributed by atoms with E-state index in [2.05, 4.69) is 23.7 Å². The van der Waals surface area contributed by atoms with Crippen molar-refractivity contribution in [3.63, 3.8) is 0 Å². The first-order chi connectivity index (χ1) is 6.74. The summed E-state index contributed by atoms with van der Waals surface area (Å²) in [6.45, 7) is 2.12. The van der Waals surface area contributed by atoms with Gasteiger partial charge < -0.3 is 10.4 Å². The van der Waals surface area contributed by atoms with Crippen LogP contribution in [0, 0.1) is 0 Å². The van der Waals surface area contributed by atoms with Gasteiger partial charge >= 0.3 is 0 Å². The summed E-state index contributed by atoms with van der Waals surface area (Å²) in [5.74, 6) is 0.377. The monoisotopic (exact) mass is 207 g/mol. The second-order valence-electron chi connectivity index (χ2n) is 3.36. The Labute approximate surface area is 87.2 Å². The van der Waals surface area contributed by atoms with Crippen LogP contribution in [0.3, 0.4) is 0 Å². The fourth-order valence-corrected chi connectivity index (χ4v) is 2.63. The van der Waals surface area contributed by atoms with Gasteiger partial charge in [0.2, 0.25) is 0 Å². The number of benzene rings is 1. The molecule has 74 valence electrons. The summed E-state index contributed by atoms with van der Waals surface area (Å²) in [5, 5.41) is 16.1. The first kappa shape index (κ1) is 9.49. The normalized spacial score (nSPS) is 13.3. The van der Waals surface area contributed by atoms with E-state index in [1.54, 1.807) is 17.4 Å². The molecule has 0 amide bonds. The summed E-state index contributed by atoms with van der Waals surface area (Å²) >= 11 is 1.59. The molecule has 1 heterocycles. The van der Waals surface area contributed by atoms with E-state index in [4.69, 9.17) is 0 Å². The largest absolute Gasteiger partial charge is 0.506 e. The van der Waals surface area contributed by atoms with Crippen molar-refractivity contribution in [2.24, 2.45) is 0 Å². The smallest absolute Gasteiger partial charge is 0.133 e. The lowest BCUT2D eigenvalue weighted by atomic mass is 10.1. The van der Waals surface area contributed by atoms with E-state index < -0.39 is 0 Å². The van der Waals surface area contributed by atoms with Crippen LogP contribution in [0.4, 0.5) is 0 Å². The molecule has 2 aromatic rings. The zero-order valence-corrected chi connectivity index (χ0v) is 9.06. The topological polar surface area (TPSA) is 32.3 Å². The molecule has 0 bridgehead atoms. The van der Waals surface area contributed by atoms with Crippen molar-refractivity contribution >= 4 is 21.4 Å². The van der Waals surface area contributed by atoms with Gasteiger partial charge in [0.25, 0.3) is 0 Å². The number of phenolic OH excluding ortho intramolecular Hbond substituents is 1. The molecule has 2 nitrogen and oxygen atoms in total. The number of thiophene rings is 1. The molecule has 0 saturated heterocycles. The van der Waals surface area contributed by atoms with E-state index >= 15 is 0 Å². The van der Waals surface area contributed by atoms with Crippen molar-refractivity contribution in [3.05, 3.63) is 29.1 Å². The Morgan fingerprint density at radius 1 is 1.43 bits per heavy atom. The Bertz CT molecular complexity index is 449. The molecule has 2 N–H and O–H groups in total. The Kier molecular flexibility index (Phi) is 2.44. The van der Waals surface area contributed by atoms with Crippen LogP contribution < -0.4 is 5.32 Å². The molecule has 1 unspecified atom stereocenters. The molecular weight excluding hydrogens is 194 g/mol. The summed E-state index contributed by atoms with van der Waals surface area (Å²) in [7, 11) is 1.94. The van der Waals surface area contributed by atoms with Crippen LogP contribution in [-0.2, 0) is 0 Å². The Morgan fingerprint density at radius 3 is 2.93 bits per heavy atom. The first-order valence-corrected chi connectivity index (χ1v) is 5.48. The molecule has 1 aromatic heterocycles. The van der Waals surface area contributed by atoms with Crippen LogP contribution in [0.2, 0.25) is 0 Å². The third kappa shape index (κ3) is 1.38. The maximum Gasteiger partial charge on any atom is 0.133 e. The lowest BCUT2D eigenvalue weighted by Gasteiger charge is -2.08. The second-order valence-corrected chi connectivity index (χ2v) is 4.23. The maximum absolute atomic E-state index is 9.63. The van der Waals surface area contributed by atoms with Crippen LogP contribution in [0.5, 0.6) is 5.75 Å². The van der Waals surface area contributed by atoms with E-state index in [0.717, 1.165) is 10.1 Å². The van der Waals surface area contributed by atoms with E-state index in [-0.39, 0.29) is 0 Å². The Hall–Kier alpha value is -1.06. The first-order valence-electron chi connectivity index (χ1n) is 4.60. The summed E-state index contributed by atoms with van der Waals surface area (Å²) < 4.78 is 0.976. The van der Waals surface area contributed by atoms with E-state index in [1.807, 2.05) is 13.1 Å². The summed E-state index contributed by atoms with van der Waals surface area (Å²) in [4.78, 5) is 0. The highest BCUT2D eigenvalue weighted by atomic mass is 32.1. The van der Waals surface area contributed by atoms with Crippen molar-refractivity contribution in [2.45, 2.75) is 13.0 Å². The van der Waals surface area contributed by atoms with Crippen molar-refractivity contribution in [1.29, 1.82) is 0 Å². The predicted molar refractivity (Wildman–Crippen MR) is 61.0 cm³/mol. The summed E-state index contributed by atoms with van der Waals surface area (Å²) in [5.41, 5.74) is 1.25. The van der Waals surface area contributed by atoms with Crippen molar-refractivity contribution in [1.82, 2.24) is 5.32 Å². The lowest BCUT2D eigenvalue weighted by Crippen LogP contribution is -2.11. The number of rotatable bonds is 2. The van der Waals surface area contributed by atoms with Gasteiger partial charge in [0.05, 0.1) is 4.70 Å². The minimum Gasteiger partial charge on any atom is -0.506 e.